The number of H-pyrrole nitrogens is 1. The minimum atomic E-state index is -0.423. The summed E-state index contributed by atoms with van der Waals surface area (Å²) in [7, 11) is 1.42. The Labute approximate surface area is 175 Å². The number of methoxy groups -OCH3 is 1. The van der Waals surface area contributed by atoms with Crippen LogP contribution < -0.4 is 10.6 Å². The Balaban J connectivity index is 1.46. The van der Waals surface area contributed by atoms with Crippen molar-refractivity contribution in [1.82, 2.24) is 15.6 Å². The first-order valence-electron chi connectivity index (χ1n) is 10.5. The minimum absolute atomic E-state index is 0.0382. The summed E-state index contributed by atoms with van der Waals surface area (Å²) < 4.78 is 5.01. The number of benzene rings is 2. The van der Waals surface area contributed by atoms with Gasteiger partial charge in [0, 0.05) is 35.1 Å². The lowest BCUT2D eigenvalue weighted by Gasteiger charge is -2.30. The summed E-state index contributed by atoms with van der Waals surface area (Å²) in [6.45, 7) is 0.754. The van der Waals surface area contributed by atoms with Crippen LogP contribution in [0, 0.1) is 5.92 Å². The first-order chi connectivity index (χ1) is 14.6. The summed E-state index contributed by atoms with van der Waals surface area (Å²) in [5, 5.41) is 7.56. The first kappa shape index (κ1) is 18.9. The van der Waals surface area contributed by atoms with Crippen molar-refractivity contribution >= 4 is 22.8 Å². The molecule has 2 aromatic carbocycles. The third kappa shape index (κ3) is 3.48. The summed E-state index contributed by atoms with van der Waals surface area (Å²) in [4.78, 5) is 28.2. The number of hydrogen-bond donors (Lipinski definition) is 3. The maximum absolute atomic E-state index is 12.4. The Morgan fingerprint density at radius 3 is 2.60 bits per heavy atom. The highest BCUT2D eigenvalue weighted by atomic mass is 16.5. The molecule has 6 nitrogen and oxygen atoms in total. The van der Waals surface area contributed by atoms with Crippen LogP contribution in [0.2, 0.25) is 0 Å². The molecule has 1 aliphatic carbocycles. The predicted octanol–water partition coefficient (Wildman–Crippen LogP) is 3.08. The Morgan fingerprint density at radius 1 is 1.10 bits per heavy atom. The van der Waals surface area contributed by atoms with E-state index in [9.17, 15) is 9.59 Å². The van der Waals surface area contributed by atoms with Gasteiger partial charge >= 0.3 is 5.97 Å². The molecule has 1 aromatic heterocycles. The predicted molar refractivity (Wildman–Crippen MR) is 114 cm³/mol. The van der Waals surface area contributed by atoms with Gasteiger partial charge in [-0.15, -0.1) is 0 Å². The Hall–Kier alpha value is -3.12. The average molecular weight is 403 g/mol. The summed E-state index contributed by atoms with van der Waals surface area (Å²) in [5.41, 5.74) is 4.89. The van der Waals surface area contributed by atoms with Gasteiger partial charge in [0.2, 0.25) is 0 Å². The van der Waals surface area contributed by atoms with Crippen molar-refractivity contribution in [1.29, 1.82) is 0 Å². The van der Waals surface area contributed by atoms with Gasteiger partial charge in [-0.25, -0.2) is 0 Å². The number of carbonyl (C=O) groups is 2. The number of hydrogen-bond acceptors (Lipinski definition) is 4. The summed E-state index contributed by atoms with van der Waals surface area (Å²) in [6.07, 6.45) is 2.99. The van der Waals surface area contributed by atoms with E-state index in [1.165, 1.54) is 20.0 Å². The number of rotatable bonds is 5. The maximum Gasteiger partial charge on any atom is 0.323 e. The van der Waals surface area contributed by atoms with Gasteiger partial charge in [-0.3, -0.25) is 14.9 Å². The van der Waals surface area contributed by atoms with Crippen LogP contribution in [-0.4, -0.2) is 36.6 Å². The maximum atomic E-state index is 12.4. The average Bonchev–Trinajstić information content (AvgIpc) is 3.55. The fraction of sp³-hybridized carbons (Fsp3) is 0.333. The SMILES string of the molecule is COC(=O)[C@H]1Cc2c([nH]c3ccccc23)[C@H](c2ccc(C(=O)NCC3CC3)cc2)N1. The highest BCUT2D eigenvalue weighted by molar-refractivity contribution is 5.94. The number of aromatic amines is 1. The van der Waals surface area contributed by atoms with Crippen LogP contribution in [0.3, 0.4) is 0 Å². The molecule has 1 saturated carbocycles. The van der Waals surface area contributed by atoms with E-state index in [2.05, 4.69) is 21.7 Å². The van der Waals surface area contributed by atoms with E-state index in [-0.39, 0.29) is 17.9 Å². The molecule has 2 heterocycles. The van der Waals surface area contributed by atoms with E-state index in [4.69, 9.17) is 4.74 Å². The second-order valence-electron chi connectivity index (χ2n) is 8.22. The molecule has 3 aromatic rings. The number of nitrogens with one attached hydrogen (secondary N) is 3. The molecule has 30 heavy (non-hydrogen) atoms. The van der Waals surface area contributed by atoms with Crippen molar-refractivity contribution in [3.63, 3.8) is 0 Å². The number of ether oxygens (including phenoxy) is 1. The van der Waals surface area contributed by atoms with Crippen LogP contribution in [-0.2, 0) is 16.0 Å². The van der Waals surface area contributed by atoms with Gasteiger partial charge in [-0.05, 0) is 48.1 Å². The first-order valence-corrected chi connectivity index (χ1v) is 10.5. The molecular formula is C24H25N3O3. The molecular weight excluding hydrogens is 378 g/mol. The molecule has 3 N–H and O–H groups in total. The molecule has 0 radical (unpaired) electrons. The topological polar surface area (TPSA) is 83.2 Å². The van der Waals surface area contributed by atoms with Gasteiger partial charge in [-0.2, -0.15) is 0 Å². The molecule has 1 aliphatic heterocycles. The van der Waals surface area contributed by atoms with Gasteiger partial charge in [0.1, 0.15) is 6.04 Å². The Kier molecular flexibility index (Phi) is 4.79. The van der Waals surface area contributed by atoms with Crippen LogP contribution in [0.15, 0.2) is 48.5 Å². The lowest BCUT2D eigenvalue weighted by Crippen LogP contribution is -2.45. The van der Waals surface area contributed by atoms with Crippen molar-refractivity contribution < 1.29 is 14.3 Å². The van der Waals surface area contributed by atoms with Crippen LogP contribution in [0.25, 0.3) is 10.9 Å². The largest absolute Gasteiger partial charge is 0.468 e. The monoisotopic (exact) mass is 403 g/mol. The summed E-state index contributed by atoms with van der Waals surface area (Å²) in [6, 6.07) is 15.1. The lowest BCUT2D eigenvalue weighted by atomic mass is 9.90. The van der Waals surface area contributed by atoms with Gasteiger partial charge in [0.05, 0.1) is 13.2 Å². The Bertz CT molecular complexity index is 1100. The summed E-state index contributed by atoms with van der Waals surface area (Å²) >= 11 is 0. The molecule has 1 amide bonds. The van der Waals surface area contributed by atoms with E-state index in [0.29, 0.717) is 17.9 Å². The van der Waals surface area contributed by atoms with E-state index in [0.717, 1.165) is 34.3 Å². The van der Waals surface area contributed by atoms with Crippen molar-refractivity contribution in [2.24, 2.45) is 5.92 Å². The third-order valence-corrected chi connectivity index (χ3v) is 6.15. The zero-order valence-electron chi connectivity index (χ0n) is 16.9. The zero-order chi connectivity index (χ0) is 20.7. The molecule has 2 atom stereocenters. The van der Waals surface area contributed by atoms with Crippen molar-refractivity contribution in [3.05, 3.63) is 70.9 Å². The highest BCUT2D eigenvalue weighted by Gasteiger charge is 2.34. The molecule has 1 fully saturated rings. The number of fused-ring (bicyclic) bond motifs is 3. The molecule has 0 saturated heterocycles. The van der Waals surface area contributed by atoms with E-state index < -0.39 is 6.04 Å². The van der Waals surface area contributed by atoms with Crippen LogP contribution >= 0.6 is 0 Å². The molecule has 0 unspecified atom stereocenters. The molecule has 0 bridgehead atoms. The zero-order valence-corrected chi connectivity index (χ0v) is 16.9. The highest BCUT2D eigenvalue weighted by Crippen LogP contribution is 2.35. The number of amides is 1. The van der Waals surface area contributed by atoms with Gasteiger partial charge in [0.25, 0.3) is 5.91 Å². The fourth-order valence-corrected chi connectivity index (χ4v) is 4.28. The van der Waals surface area contributed by atoms with Crippen molar-refractivity contribution in [3.8, 4) is 0 Å². The van der Waals surface area contributed by atoms with Crippen LogP contribution in [0.1, 0.15) is 46.1 Å². The Morgan fingerprint density at radius 2 is 1.87 bits per heavy atom. The molecule has 0 spiro atoms. The summed E-state index contributed by atoms with van der Waals surface area (Å²) in [5.74, 6) is 0.339. The number of esters is 1. The fourth-order valence-electron chi connectivity index (χ4n) is 4.28. The van der Waals surface area contributed by atoms with Crippen molar-refractivity contribution in [2.45, 2.75) is 31.3 Å². The smallest absolute Gasteiger partial charge is 0.323 e. The van der Waals surface area contributed by atoms with Crippen LogP contribution in [0.4, 0.5) is 0 Å². The van der Waals surface area contributed by atoms with Crippen molar-refractivity contribution in [2.75, 3.05) is 13.7 Å². The minimum Gasteiger partial charge on any atom is -0.468 e. The second-order valence-corrected chi connectivity index (χ2v) is 8.22. The van der Waals surface area contributed by atoms with E-state index >= 15 is 0 Å². The quantitative estimate of drug-likeness (QED) is 0.572. The normalized spacial score (nSPS) is 20.6. The molecule has 6 heteroatoms. The second kappa shape index (κ2) is 7.61. The van der Waals surface area contributed by atoms with Gasteiger partial charge in [-0.1, -0.05) is 30.3 Å². The molecule has 154 valence electrons. The molecule has 5 rings (SSSR count). The standard InChI is InChI=1S/C24H25N3O3/c1-30-24(29)20-12-18-17-4-2-3-5-19(17)26-22(18)21(27-20)15-8-10-16(11-9-15)23(28)25-13-14-6-7-14/h2-5,8-11,14,20-21,26-27H,6-7,12-13H2,1H3,(H,25,28)/t20-,21+/m1/s1. The van der Waals surface area contributed by atoms with E-state index in [1.54, 1.807) is 0 Å². The number of carbonyl (C=O) groups excluding carboxylic acids is 2. The third-order valence-electron chi connectivity index (χ3n) is 6.15. The molecule has 2 aliphatic rings. The van der Waals surface area contributed by atoms with Crippen LogP contribution in [0.5, 0.6) is 0 Å². The number of para-hydroxylation sites is 1. The van der Waals surface area contributed by atoms with Gasteiger partial charge < -0.3 is 15.0 Å². The lowest BCUT2D eigenvalue weighted by molar-refractivity contribution is -0.143. The number of aromatic nitrogens is 1. The van der Waals surface area contributed by atoms with E-state index in [1.807, 2.05) is 42.5 Å². The van der Waals surface area contributed by atoms with Gasteiger partial charge in [0.15, 0.2) is 0 Å².